The molecule has 1 heterocycles. The Bertz CT molecular complexity index is 114. The zero-order chi connectivity index (χ0) is 5.33. The van der Waals surface area contributed by atoms with Crippen LogP contribution in [-0.2, 0) is 4.74 Å². The maximum atomic E-state index is 5.44. The summed E-state index contributed by atoms with van der Waals surface area (Å²) in [5, 5.41) is 0. The van der Waals surface area contributed by atoms with E-state index in [2.05, 4.69) is 5.92 Å². The Hall–Kier alpha value is -0.230. The SMILES string of the molecule is C#CC1(N)COC1.Cl. The molecule has 1 rings (SSSR count). The van der Waals surface area contributed by atoms with Crippen LogP contribution in [-0.4, -0.2) is 18.8 Å². The Labute approximate surface area is 54.8 Å². The molecule has 1 aliphatic rings. The van der Waals surface area contributed by atoms with Gasteiger partial charge in [-0.15, -0.1) is 18.8 Å². The summed E-state index contributed by atoms with van der Waals surface area (Å²) in [5.74, 6) is 2.43. The second-order valence-corrected chi connectivity index (χ2v) is 1.79. The van der Waals surface area contributed by atoms with Crippen molar-refractivity contribution in [2.24, 2.45) is 5.73 Å². The van der Waals surface area contributed by atoms with E-state index in [-0.39, 0.29) is 12.4 Å². The molecule has 0 saturated carbocycles. The van der Waals surface area contributed by atoms with E-state index in [0.717, 1.165) is 0 Å². The van der Waals surface area contributed by atoms with E-state index in [9.17, 15) is 0 Å². The molecule has 8 heavy (non-hydrogen) atoms. The predicted molar refractivity (Wildman–Crippen MR) is 33.8 cm³/mol. The third-order valence-corrected chi connectivity index (χ3v) is 1.01. The lowest BCUT2D eigenvalue weighted by atomic mass is 10.0. The highest BCUT2D eigenvalue weighted by Gasteiger charge is 2.31. The number of hydrogen-bond acceptors (Lipinski definition) is 2. The summed E-state index contributed by atoms with van der Waals surface area (Å²) in [6.45, 7) is 1.03. The molecule has 0 bridgehead atoms. The van der Waals surface area contributed by atoms with Gasteiger partial charge in [0.2, 0.25) is 0 Å². The first-order chi connectivity index (χ1) is 3.27. The van der Waals surface area contributed by atoms with E-state index < -0.39 is 5.54 Å². The van der Waals surface area contributed by atoms with Crippen LogP contribution in [0.1, 0.15) is 0 Å². The van der Waals surface area contributed by atoms with Crippen LogP contribution in [0.4, 0.5) is 0 Å². The van der Waals surface area contributed by atoms with Gasteiger partial charge >= 0.3 is 0 Å². The molecular formula is C5H8ClNO. The predicted octanol–water partition coefficient (Wildman–Crippen LogP) is -0.231. The largest absolute Gasteiger partial charge is 0.375 e. The Morgan fingerprint density at radius 1 is 1.62 bits per heavy atom. The van der Waals surface area contributed by atoms with Crippen molar-refractivity contribution in [1.29, 1.82) is 0 Å². The minimum Gasteiger partial charge on any atom is -0.375 e. The van der Waals surface area contributed by atoms with Gasteiger partial charge in [-0.3, -0.25) is 0 Å². The van der Waals surface area contributed by atoms with Crippen LogP contribution in [0.2, 0.25) is 0 Å². The van der Waals surface area contributed by atoms with Crippen molar-refractivity contribution in [3.63, 3.8) is 0 Å². The molecule has 0 spiro atoms. The lowest BCUT2D eigenvalue weighted by Crippen LogP contribution is -2.56. The smallest absolute Gasteiger partial charge is 0.124 e. The number of terminal acetylenes is 1. The zero-order valence-electron chi connectivity index (χ0n) is 4.39. The number of hydrogen-bond donors (Lipinski definition) is 1. The third-order valence-electron chi connectivity index (χ3n) is 1.01. The molecule has 2 nitrogen and oxygen atoms in total. The van der Waals surface area contributed by atoms with Crippen LogP contribution < -0.4 is 5.73 Å². The van der Waals surface area contributed by atoms with Crippen LogP contribution in [0, 0.1) is 12.3 Å². The van der Waals surface area contributed by atoms with Gasteiger partial charge in [-0.1, -0.05) is 5.92 Å². The average Bonchev–Trinajstić information content (AvgIpc) is 1.61. The first-order valence-electron chi connectivity index (χ1n) is 2.11. The van der Waals surface area contributed by atoms with Gasteiger partial charge in [-0.2, -0.15) is 0 Å². The fourth-order valence-electron chi connectivity index (χ4n) is 0.405. The normalized spacial score (nSPS) is 22.0. The molecule has 0 radical (unpaired) electrons. The van der Waals surface area contributed by atoms with Gasteiger partial charge in [-0.25, -0.2) is 0 Å². The van der Waals surface area contributed by atoms with Crippen molar-refractivity contribution >= 4 is 12.4 Å². The summed E-state index contributed by atoms with van der Waals surface area (Å²) in [6.07, 6.45) is 5.01. The van der Waals surface area contributed by atoms with Crippen molar-refractivity contribution in [3.05, 3.63) is 0 Å². The summed E-state index contributed by atoms with van der Waals surface area (Å²) in [7, 11) is 0. The topological polar surface area (TPSA) is 35.2 Å². The molecule has 3 heteroatoms. The molecule has 2 N–H and O–H groups in total. The standard InChI is InChI=1S/C5H7NO.ClH/c1-2-5(6)3-7-4-5;/h1H,3-4,6H2;1H. The Morgan fingerprint density at radius 3 is 2.12 bits per heavy atom. The average molecular weight is 134 g/mol. The van der Waals surface area contributed by atoms with E-state index in [4.69, 9.17) is 16.9 Å². The molecule has 1 aliphatic heterocycles. The fraction of sp³-hybridized carbons (Fsp3) is 0.600. The van der Waals surface area contributed by atoms with Gasteiger partial charge in [0.05, 0.1) is 13.2 Å². The second kappa shape index (κ2) is 2.36. The van der Waals surface area contributed by atoms with Gasteiger partial charge in [0.1, 0.15) is 5.54 Å². The fourth-order valence-corrected chi connectivity index (χ4v) is 0.405. The molecule has 1 fully saturated rings. The van der Waals surface area contributed by atoms with E-state index >= 15 is 0 Å². The molecular weight excluding hydrogens is 126 g/mol. The number of halogens is 1. The van der Waals surface area contributed by atoms with E-state index in [1.807, 2.05) is 0 Å². The number of ether oxygens (including phenoxy) is 1. The van der Waals surface area contributed by atoms with Gasteiger partial charge in [0.15, 0.2) is 0 Å². The van der Waals surface area contributed by atoms with Crippen molar-refractivity contribution in [1.82, 2.24) is 0 Å². The minimum absolute atomic E-state index is 0. The highest BCUT2D eigenvalue weighted by Crippen LogP contribution is 2.10. The summed E-state index contributed by atoms with van der Waals surface area (Å²) in [6, 6.07) is 0. The van der Waals surface area contributed by atoms with Crippen LogP contribution in [0.5, 0.6) is 0 Å². The Kier molecular flexibility index (Phi) is 2.29. The molecule has 0 aromatic carbocycles. The third kappa shape index (κ3) is 1.13. The van der Waals surface area contributed by atoms with E-state index in [1.165, 1.54) is 0 Å². The first kappa shape index (κ1) is 7.77. The summed E-state index contributed by atoms with van der Waals surface area (Å²) in [4.78, 5) is 0. The molecule has 0 aliphatic carbocycles. The summed E-state index contributed by atoms with van der Waals surface area (Å²) < 4.78 is 4.76. The van der Waals surface area contributed by atoms with E-state index in [1.54, 1.807) is 0 Å². The van der Waals surface area contributed by atoms with Gasteiger partial charge in [0.25, 0.3) is 0 Å². The molecule has 0 amide bonds. The highest BCUT2D eigenvalue weighted by molar-refractivity contribution is 5.85. The maximum absolute atomic E-state index is 5.44. The Balaban J connectivity index is 0.000000490. The lowest BCUT2D eigenvalue weighted by molar-refractivity contribution is -0.0228. The maximum Gasteiger partial charge on any atom is 0.124 e. The van der Waals surface area contributed by atoms with Crippen LogP contribution >= 0.6 is 12.4 Å². The van der Waals surface area contributed by atoms with Gasteiger partial charge in [-0.05, 0) is 0 Å². The van der Waals surface area contributed by atoms with E-state index in [0.29, 0.717) is 13.2 Å². The van der Waals surface area contributed by atoms with Crippen molar-refractivity contribution < 1.29 is 4.74 Å². The lowest BCUT2D eigenvalue weighted by Gasteiger charge is -2.32. The van der Waals surface area contributed by atoms with Crippen molar-refractivity contribution in [2.45, 2.75) is 5.54 Å². The first-order valence-corrected chi connectivity index (χ1v) is 2.11. The quantitative estimate of drug-likeness (QED) is 0.464. The molecule has 1 saturated heterocycles. The summed E-state index contributed by atoms with van der Waals surface area (Å²) in [5.41, 5.74) is 5.01. The molecule has 0 aromatic rings. The van der Waals surface area contributed by atoms with Crippen molar-refractivity contribution in [2.75, 3.05) is 13.2 Å². The van der Waals surface area contributed by atoms with Gasteiger partial charge < -0.3 is 10.5 Å². The second-order valence-electron chi connectivity index (χ2n) is 1.79. The summed E-state index contributed by atoms with van der Waals surface area (Å²) >= 11 is 0. The zero-order valence-corrected chi connectivity index (χ0v) is 5.20. The minimum atomic E-state index is -0.431. The van der Waals surface area contributed by atoms with Crippen LogP contribution in [0.15, 0.2) is 0 Å². The number of nitrogens with two attached hydrogens (primary N) is 1. The molecule has 0 aromatic heterocycles. The highest BCUT2D eigenvalue weighted by atomic mass is 35.5. The Morgan fingerprint density at radius 2 is 2.12 bits per heavy atom. The molecule has 46 valence electrons. The molecule has 0 atom stereocenters. The van der Waals surface area contributed by atoms with Crippen LogP contribution in [0.3, 0.4) is 0 Å². The molecule has 0 unspecified atom stereocenters. The van der Waals surface area contributed by atoms with Crippen LogP contribution in [0.25, 0.3) is 0 Å². The van der Waals surface area contributed by atoms with Crippen molar-refractivity contribution in [3.8, 4) is 12.3 Å². The number of rotatable bonds is 0. The van der Waals surface area contributed by atoms with Gasteiger partial charge in [0, 0.05) is 0 Å². The monoisotopic (exact) mass is 133 g/mol.